The van der Waals surface area contributed by atoms with Crippen LogP contribution in [0, 0.1) is 11.3 Å². The van der Waals surface area contributed by atoms with Crippen LogP contribution in [-0.4, -0.2) is 24.5 Å². The summed E-state index contributed by atoms with van der Waals surface area (Å²) in [6.07, 6.45) is -4.29. The van der Waals surface area contributed by atoms with Gasteiger partial charge in [0.2, 0.25) is 0 Å². The number of alkyl halides is 3. The number of urea groups is 1. The van der Waals surface area contributed by atoms with Gasteiger partial charge in [-0.05, 0) is 18.2 Å². The normalized spacial score (nSPS) is 10.7. The Hall–Kier alpha value is -2.23. The number of hydrogen-bond donors (Lipinski definition) is 1. The van der Waals surface area contributed by atoms with Crippen molar-refractivity contribution < 1.29 is 18.0 Å². The molecule has 0 aliphatic heterocycles. The van der Waals surface area contributed by atoms with E-state index in [1.807, 2.05) is 6.07 Å². The second-order valence-corrected chi connectivity index (χ2v) is 3.84. The molecule has 0 saturated carbocycles. The van der Waals surface area contributed by atoms with E-state index >= 15 is 0 Å². The highest BCUT2D eigenvalue weighted by Gasteiger charge is 2.30. The van der Waals surface area contributed by atoms with Crippen molar-refractivity contribution in [2.45, 2.75) is 12.6 Å². The van der Waals surface area contributed by atoms with E-state index in [2.05, 4.69) is 5.32 Å². The maximum Gasteiger partial charge on any atom is 0.416 e. The number of rotatable bonds is 3. The molecule has 0 saturated heterocycles. The van der Waals surface area contributed by atoms with E-state index in [0.29, 0.717) is 0 Å². The Kier molecular flexibility index (Phi) is 4.75. The van der Waals surface area contributed by atoms with Crippen molar-refractivity contribution in [2.75, 3.05) is 18.9 Å². The molecule has 102 valence electrons. The third kappa shape index (κ3) is 4.50. The smallest absolute Gasteiger partial charge is 0.327 e. The predicted octanol–water partition coefficient (Wildman–Crippen LogP) is 3.08. The van der Waals surface area contributed by atoms with Crippen molar-refractivity contribution in [3.8, 4) is 6.07 Å². The third-order valence-corrected chi connectivity index (χ3v) is 2.35. The molecule has 0 fully saturated rings. The molecule has 2 amide bonds. The van der Waals surface area contributed by atoms with Crippen LogP contribution in [0.2, 0.25) is 0 Å². The Bertz CT molecular complexity index is 494. The van der Waals surface area contributed by atoms with Crippen LogP contribution >= 0.6 is 0 Å². The van der Waals surface area contributed by atoms with Gasteiger partial charge in [0, 0.05) is 19.3 Å². The van der Waals surface area contributed by atoms with Gasteiger partial charge in [-0.1, -0.05) is 6.07 Å². The van der Waals surface area contributed by atoms with E-state index in [0.717, 1.165) is 12.1 Å². The fourth-order valence-electron chi connectivity index (χ4n) is 1.31. The maximum atomic E-state index is 12.5. The van der Waals surface area contributed by atoms with Gasteiger partial charge in [-0.3, -0.25) is 0 Å². The van der Waals surface area contributed by atoms with Crippen LogP contribution in [-0.2, 0) is 6.18 Å². The summed E-state index contributed by atoms with van der Waals surface area (Å²) in [6.45, 7) is 0.210. The van der Waals surface area contributed by atoms with Crippen LogP contribution in [0.5, 0.6) is 0 Å². The zero-order chi connectivity index (χ0) is 14.5. The molecule has 1 aromatic carbocycles. The van der Waals surface area contributed by atoms with Gasteiger partial charge in [-0.25, -0.2) is 4.79 Å². The van der Waals surface area contributed by atoms with E-state index in [4.69, 9.17) is 5.26 Å². The summed E-state index contributed by atoms with van der Waals surface area (Å²) in [4.78, 5) is 12.8. The summed E-state index contributed by atoms with van der Waals surface area (Å²) < 4.78 is 37.4. The van der Waals surface area contributed by atoms with Gasteiger partial charge < -0.3 is 10.2 Å². The van der Waals surface area contributed by atoms with Crippen LogP contribution in [0.25, 0.3) is 0 Å². The minimum absolute atomic E-state index is 0.0589. The summed E-state index contributed by atoms with van der Waals surface area (Å²) in [6, 6.07) is 5.68. The fraction of sp³-hybridized carbons (Fsp3) is 0.333. The monoisotopic (exact) mass is 271 g/mol. The number of benzene rings is 1. The van der Waals surface area contributed by atoms with Crippen molar-refractivity contribution in [2.24, 2.45) is 0 Å². The van der Waals surface area contributed by atoms with E-state index < -0.39 is 17.8 Å². The Balaban J connectivity index is 2.73. The molecule has 1 aromatic rings. The maximum absolute atomic E-state index is 12.5. The van der Waals surface area contributed by atoms with Crippen LogP contribution in [0.4, 0.5) is 23.7 Å². The lowest BCUT2D eigenvalue weighted by molar-refractivity contribution is -0.137. The van der Waals surface area contributed by atoms with Crippen molar-refractivity contribution in [1.29, 1.82) is 5.26 Å². The number of anilines is 1. The van der Waals surface area contributed by atoms with Gasteiger partial charge >= 0.3 is 12.2 Å². The lowest BCUT2D eigenvalue weighted by Crippen LogP contribution is -2.32. The average molecular weight is 271 g/mol. The fourth-order valence-corrected chi connectivity index (χ4v) is 1.31. The highest BCUT2D eigenvalue weighted by atomic mass is 19.4. The first-order valence-electron chi connectivity index (χ1n) is 5.41. The van der Waals surface area contributed by atoms with Crippen molar-refractivity contribution >= 4 is 11.7 Å². The van der Waals surface area contributed by atoms with Gasteiger partial charge in [-0.15, -0.1) is 0 Å². The molecule has 1 rings (SSSR count). The molecule has 19 heavy (non-hydrogen) atoms. The molecule has 0 aliphatic rings. The highest BCUT2D eigenvalue weighted by Crippen LogP contribution is 2.30. The lowest BCUT2D eigenvalue weighted by Gasteiger charge is -2.17. The topological polar surface area (TPSA) is 56.1 Å². The zero-order valence-corrected chi connectivity index (χ0v) is 10.2. The van der Waals surface area contributed by atoms with Crippen molar-refractivity contribution in [3.05, 3.63) is 29.8 Å². The Morgan fingerprint density at radius 2 is 2.16 bits per heavy atom. The predicted molar refractivity (Wildman–Crippen MR) is 63.3 cm³/mol. The second kappa shape index (κ2) is 6.09. The number of hydrogen-bond acceptors (Lipinski definition) is 2. The van der Waals surface area contributed by atoms with Gasteiger partial charge in [-0.2, -0.15) is 18.4 Å². The largest absolute Gasteiger partial charge is 0.416 e. The first kappa shape index (κ1) is 14.8. The number of carbonyl (C=O) groups is 1. The van der Waals surface area contributed by atoms with Crippen LogP contribution in [0.3, 0.4) is 0 Å². The molecule has 4 nitrogen and oxygen atoms in total. The highest BCUT2D eigenvalue weighted by molar-refractivity contribution is 5.89. The number of carbonyl (C=O) groups excluding carboxylic acids is 1. The summed E-state index contributed by atoms with van der Waals surface area (Å²) in [5.41, 5.74) is -0.770. The van der Waals surface area contributed by atoms with E-state index in [9.17, 15) is 18.0 Å². The number of nitriles is 1. The standard InChI is InChI=1S/C12H12F3N3O/c1-18(7-3-6-16)11(19)17-10-5-2-4-9(8-10)12(13,14)15/h2,4-5,8H,3,7H2,1H3,(H,17,19). The Labute approximate surface area is 108 Å². The second-order valence-electron chi connectivity index (χ2n) is 3.84. The Morgan fingerprint density at radius 1 is 1.47 bits per heavy atom. The molecule has 7 heteroatoms. The zero-order valence-electron chi connectivity index (χ0n) is 10.2. The van der Waals surface area contributed by atoms with Crippen LogP contribution < -0.4 is 5.32 Å². The molecule has 0 unspecified atom stereocenters. The summed E-state index contributed by atoms with van der Waals surface area (Å²) in [7, 11) is 1.46. The van der Waals surface area contributed by atoms with Crippen molar-refractivity contribution in [3.63, 3.8) is 0 Å². The molecule has 0 bridgehead atoms. The van der Waals surface area contributed by atoms with Gasteiger partial charge in [0.25, 0.3) is 0 Å². The van der Waals surface area contributed by atoms with E-state index in [1.54, 1.807) is 0 Å². The molecule has 0 aliphatic carbocycles. The quantitative estimate of drug-likeness (QED) is 0.918. The summed E-state index contributed by atoms with van der Waals surface area (Å²) in [5.74, 6) is 0. The molecule has 1 N–H and O–H groups in total. The summed E-state index contributed by atoms with van der Waals surface area (Å²) in [5, 5.41) is 10.7. The van der Waals surface area contributed by atoms with E-state index in [-0.39, 0.29) is 18.7 Å². The first-order valence-corrected chi connectivity index (χ1v) is 5.41. The molecular formula is C12H12F3N3O. The van der Waals surface area contributed by atoms with E-state index in [1.165, 1.54) is 24.1 Å². The number of amides is 2. The van der Waals surface area contributed by atoms with Crippen molar-refractivity contribution in [1.82, 2.24) is 4.90 Å². The van der Waals surface area contributed by atoms with Gasteiger partial charge in [0.1, 0.15) is 0 Å². The molecule has 0 spiro atoms. The minimum Gasteiger partial charge on any atom is -0.327 e. The molecule has 0 radical (unpaired) electrons. The SMILES string of the molecule is CN(CCC#N)C(=O)Nc1cccc(C(F)(F)F)c1. The van der Waals surface area contributed by atoms with Gasteiger partial charge in [0.05, 0.1) is 18.1 Å². The van der Waals surface area contributed by atoms with Gasteiger partial charge in [0.15, 0.2) is 0 Å². The number of halogens is 3. The lowest BCUT2D eigenvalue weighted by atomic mass is 10.2. The summed E-state index contributed by atoms with van der Waals surface area (Å²) >= 11 is 0. The van der Waals surface area contributed by atoms with Crippen LogP contribution in [0.1, 0.15) is 12.0 Å². The van der Waals surface area contributed by atoms with Crippen LogP contribution in [0.15, 0.2) is 24.3 Å². The average Bonchev–Trinajstić information content (AvgIpc) is 2.35. The molecule has 0 atom stereocenters. The Morgan fingerprint density at radius 3 is 2.74 bits per heavy atom. The number of nitrogens with zero attached hydrogens (tertiary/aromatic N) is 2. The first-order chi connectivity index (χ1) is 8.84. The number of nitrogens with one attached hydrogen (secondary N) is 1. The minimum atomic E-state index is -4.45. The third-order valence-electron chi connectivity index (χ3n) is 2.35. The molecule has 0 aromatic heterocycles. The molecular weight excluding hydrogens is 259 g/mol. The molecule has 0 heterocycles.